The van der Waals surface area contributed by atoms with Crippen LogP contribution in [0.3, 0.4) is 0 Å². The molecule has 0 aromatic heterocycles. The molecule has 0 N–H and O–H groups in total. The Morgan fingerprint density at radius 2 is 1.87 bits per heavy atom. The largest absolute Gasteiger partial charge is 0.385 e. The van der Waals surface area contributed by atoms with Gasteiger partial charge in [0.2, 0.25) is 0 Å². The summed E-state index contributed by atoms with van der Waals surface area (Å²) in [5, 5.41) is 0. The van der Waals surface area contributed by atoms with Gasteiger partial charge in [-0.3, -0.25) is 0 Å². The van der Waals surface area contributed by atoms with Gasteiger partial charge in [0, 0.05) is 13.7 Å². The van der Waals surface area contributed by atoms with Gasteiger partial charge in [0.25, 0.3) is 0 Å². The van der Waals surface area contributed by atoms with Crippen LogP contribution in [0.4, 0.5) is 0 Å². The second kappa shape index (κ2) is 7.92. The standard InChI is InChI=1S/C14H28O/c1-7-11(2)13(4)10-14(5)12(3)8-9-15-6/h10-13H,7-9H2,1-6H3. The summed E-state index contributed by atoms with van der Waals surface area (Å²) in [5.74, 6) is 2.13. The Morgan fingerprint density at radius 1 is 1.27 bits per heavy atom. The molecule has 0 aromatic carbocycles. The number of allylic oxidation sites excluding steroid dienone is 2. The Morgan fingerprint density at radius 3 is 2.33 bits per heavy atom. The van der Waals surface area contributed by atoms with Gasteiger partial charge in [0.05, 0.1) is 0 Å². The van der Waals surface area contributed by atoms with Crippen molar-refractivity contribution in [1.29, 1.82) is 0 Å². The van der Waals surface area contributed by atoms with E-state index in [2.05, 4.69) is 40.7 Å². The van der Waals surface area contributed by atoms with E-state index < -0.39 is 0 Å². The molecule has 3 unspecified atom stereocenters. The highest BCUT2D eigenvalue weighted by Gasteiger charge is 2.10. The van der Waals surface area contributed by atoms with Crippen LogP contribution in [0.15, 0.2) is 11.6 Å². The zero-order valence-electron chi connectivity index (χ0n) is 11.3. The van der Waals surface area contributed by atoms with Crippen molar-refractivity contribution in [2.45, 2.75) is 47.5 Å². The van der Waals surface area contributed by atoms with Crippen molar-refractivity contribution in [3.8, 4) is 0 Å². The van der Waals surface area contributed by atoms with Crippen LogP contribution in [0, 0.1) is 17.8 Å². The molecule has 0 aliphatic heterocycles. The maximum absolute atomic E-state index is 5.11. The molecule has 0 aliphatic rings. The predicted octanol–water partition coefficient (Wildman–Crippen LogP) is 4.29. The van der Waals surface area contributed by atoms with Crippen LogP contribution in [0.25, 0.3) is 0 Å². The van der Waals surface area contributed by atoms with Crippen molar-refractivity contribution in [3.05, 3.63) is 11.6 Å². The molecule has 0 aromatic rings. The van der Waals surface area contributed by atoms with E-state index >= 15 is 0 Å². The van der Waals surface area contributed by atoms with Crippen LogP contribution in [-0.2, 0) is 4.74 Å². The Kier molecular flexibility index (Phi) is 7.76. The zero-order chi connectivity index (χ0) is 11.8. The van der Waals surface area contributed by atoms with Gasteiger partial charge in [0.15, 0.2) is 0 Å². The van der Waals surface area contributed by atoms with E-state index in [4.69, 9.17) is 4.74 Å². The van der Waals surface area contributed by atoms with Crippen LogP contribution < -0.4 is 0 Å². The molecule has 0 bridgehead atoms. The molecule has 1 heteroatoms. The third-order valence-corrected chi connectivity index (χ3v) is 3.60. The molecular weight excluding hydrogens is 184 g/mol. The lowest BCUT2D eigenvalue weighted by atomic mass is 9.88. The fourth-order valence-corrected chi connectivity index (χ4v) is 1.64. The molecule has 0 heterocycles. The Hall–Kier alpha value is -0.300. The van der Waals surface area contributed by atoms with E-state index in [9.17, 15) is 0 Å². The Bertz CT molecular complexity index is 184. The molecular formula is C14H28O. The monoisotopic (exact) mass is 212 g/mol. The summed E-state index contributed by atoms with van der Waals surface area (Å²) >= 11 is 0. The third-order valence-electron chi connectivity index (χ3n) is 3.60. The van der Waals surface area contributed by atoms with Crippen molar-refractivity contribution in [2.75, 3.05) is 13.7 Å². The summed E-state index contributed by atoms with van der Waals surface area (Å²) in [4.78, 5) is 0. The van der Waals surface area contributed by atoms with Crippen LogP contribution in [0.5, 0.6) is 0 Å². The van der Waals surface area contributed by atoms with E-state index in [1.165, 1.54) is 12.0 Å². The smallest absolute Gasteiger partial charge is 0.0467 e. The van der Waals surface area contributed by atoms with Gasteiger partial charge in [-0.05, 0) is 31.1 Å². The van der Waals surface area contributed by atoms with E-state index in [0.29, 0.717) is 11.8 Å². The topological polar surface area (TPSA) is 9.23 Å². The second-order valence-electron chi connectivity index (χ2n) is 4.84. The summed E-state index contributed by atoms with van der Waals surface area (Å²) < 4.78 is 5.11. The summed E-state index contributed by atoms with van der Waals surface area (Å²) in [7, 11) is 1.77. The molecule has 15 heavy (non-hydrogen) atoms. The molecule has 0 fully saturated rings. The lowest BCUT2D eigenvalue weighted by Gasteiger charge is -2.18. The van der Waals surface area contributed by atoms with Crippen molar-refractivity contribution >= 4 is 0 Å². The average Bonchev–Trinajstić information content (AvgIpc) is 2.24. The summed E-state index contributed by atoms with van der Waals surface area (Å²) in [5.41, 5.74) is 1.51. The normalized spacial score (nSPS) is 18.7. The first-order valence-electron chi connectivity index (χ1n) is 6.20. The molecule has 0 rings (SSSR count). The predicted molar refractivity (Wildman–Crippen MR) is 68.0 cm³/mol. The number of ether oxygens (including phenoxy) is 1. The minimum Gasteiger partial charge on any atom is -0.385 e. The lowest BCUT2D eigenvalue weighted by molar-refractivity contribution is 0.185. The molecule has 0 saturated heterocycles. The first-order valence-corrected chi connectivity index (χ1v) is 6.20. The number of rotatable bonds is 7. The maximum atomic E-state index is 5.11. The van der Waals surface area contributed by atoms with Crippen LogP contribution in [0.1, 0.15) is 47.5 Å². The molecule has 0 amide bonds. The van der Waals surface area contributed by atoms with Crippen LogP contribution in [0.2, 0.25) is 0 Å². The maximum Gasteiger partial charge on any atom is 0.0467 e. The number of hydrogen-bond donors (Lipinski definition) is 0. The van der Waals surface area contributed by atoms with Gasteiger partial charge >= 0.3 is 0 Å². The minimum absolute atomic E-state index is 0.649. The summed E-state index contributed by atoms with van der Waals surface area (Å²) in [6.45, 7) is 12.3. The van der Waals surface area contributed by atoms with Gasteiger partial charge < -0.3 is 4.74 Å². The van der Waals surface area contributed by atoms with Gasteiger partial charge in [-0.1, -0.05) is 45.8 Å². The highest BCUT2D eigenvalue weighted by Crippen LogP contribution is 2.21. The first kappa shape index (κ1) is 14.7. The van der Waals surface area contributed by atoms with Crippen molar-refractivity contribution in [2.24, 2.45) is 17.8 Å². The second-order valence-corrected chi connectivity index (χ2v) is 4.84. The van der Waals surface area contributed by atoms with Crippen molar-refractivity contribution < 1.29 is 4.74 Å². The molecule has 0 saturated carbocycles. The lowest BCUT2D eigenvalue weighted by Crippen LogP contribution is -2.07. The van der Waals surface area contributed by atoms with E-state index in [1.807, 2.05) is 0 Å². The van der Waals surface area contributed by atoms with E-state index in [-0.39, 0.29) is 0 Å². The molecule has 3 atom stereocenters. The van der Waals surface area contributed by atoms with Gasteiger partial charge in [0.1, 0.15) is 0 Å². The highest BCUT2D eigenvalue weighted by atomic mass is 16.5. The average molecular weight is 212 g/mol. The fourth-order valence-electron chi connectivity index (χ4n) is 1.64. The van der Waals surface area contributed by atoms with E-state index in [0.717, 1.165) is 18.9 Å². The number of methoxy groups -OCH3 is 1. The van der Waals surface area contributed by atoms with Gasteiger partial charge in [-0.25, -0.2) is 0 Å². The van der Waals surface area contributed by atoms with Crippen molar-refractivity contribution in [3.63, 3.8) is 0 Å². The first-order chi connectivity index (χ1) is 7.02. The highest BCUT2D eigenvalue weighted by molar-refractivity contribution is 5.04. The minimum atomic E-state index is 0.649. The van der Waals surface area contributed by atoms with Crippen LogP contribution >= 0.6 is 0 Å². The van der Waals surface area contributed by atoms with Crippen LogP contribution in [-0.4, -0.2) is 13.7 Å². The Balaban J connectivity index is 4.15. The molecule has 0 spiro atoms. The molecule has 0 radical (unpaired) electrons. The SMILES string of the molecule is CCC(C)C(C)C=C(C)C(C)CCOC. The quantitative estimate of drug-likeness (QED) is 0.572. The Labute approximate surface area is 95.9 Å². The molecule has 1 nitrogen and oxygen atoms in total. The van der Waals surface area contributed by atoms with Gasteiger partial charge in [-0.2, -0.15) is 0 Å². The summed E-state index contributed by atoms with van der Waals surface area (Å²) in [6, 6.07) is 0. The third kappa shape index (κ3) is 5.99. The van der Waals surface area contributed by atoms with Gasteiger partial charge in [-0.15, -0.1) is 0 Å². The molecule has 90 valence electrons. The fraction of sp³-hybridized carbons (Fsp3) is 0.857. The summed E-state index contributed by atoms with van der Waals surface area (Å²) in [6.07, 6.45) is 4.83. The molecule has 0 aliphatic carbocycles. The van der Waals surface area contributed by atoms with E-state index in [1.54, 1.807) is 7.11 Å². The zero-order valence-corrected chi connectivity index (χ0v) is 11.3. The van der Waals surface area contributed by atoms with Crippen molar-refractivity contribution in [1.82, 2.24) is 0 Å². The number of hydrogen-bond acceptors (Lipinski definition) is 1.